The van der Waals surface area contributed by atoms with E-state index in [2.05, 4.69) is 15.2 Å². The molecule has 3 N–H and O–H groups in total. The summed E-state index contributed by atoms with van der Waals surface area (Å²) in [5, 5.41) is 3.55. The van der Waals surface area contributed by atoms with E-state index >= 15 is 0 Å². The summed E-state index contributed by atoms with van der Waals surface area (Å²) in [5.41, 5.74) is 5.19. The van der Waals surface area contributed by atoms with E-state index in [1.807, 2.05) is 0 Å². The molecule has 33 heavy (non-hydrogen) atoms. The van der Waals surface area contributed by atoms with Crippen molar-refractivity contribution in [2.24, 2.45) is 0 Å². The number of nitrogens with one attached hydrogen (secondary N) is 1. The van der Waals surface area contributed by atoms with Gasteiger partial charge >= 0.3 is 0 Å². The Morgan fingerprint density at radius 2 is 1.79 bits per heavy atom. The van der Waals surface area contributed by atoms with E-state index in [-0.39, 0.29) is 22.5 Å². The summed E-state index contributed by atoms with van der Waals surface area (Å²) < 4.78 is 54.8. The number of piperidine rings is 1. The first kappa shape index (κ1) is 24.0. The number of nitrogens with two attached hydrogens (primary N) is 1. The minimum Gasteiger partial charge on any atom is -0.382 e. The van der Waals surface area contributed by atoms with Gasteiger partial charge < -0.3 is 16.0 Å². The number of aromatic nitrogens is 1. The van der Waals surface area contributed by atoms with E-state index in [4.69, 9.17) is 5.73 Å². The van der Waals surface area contributed by atoms with Gasteiger partial charge in [-0.25, -0.2) is 26.5 Å². The molecule has 0 unspecified atom stereocenters. The van der Waals surface area contributed by atoms with E-state index < -0.39 is 33.0 Å². The number of carbonyl (C=O) groups excluding carboxylic acids is 1. The highest BCUT2D eigenvalue weighted by Crippen LogP contribution is 2.30. The SMILES string of the molecule is Nc1nc(NC2CCN(S(=O)(=O)CCN3CCCC3)CC2)sc1C(=O)c1c(F)cccc1F. The number of hydrogen-bond acceptors (Lipinski definition) is 8. The van der Waals surface area contributed by atoms with Crippen molar-refractivity contribution in [2.75, 3.05) is 49.5 Å². The predicted octanol–water partition coefficient (Wildman–Crippen LogP) is 2.54. The lowest BCUT2D eigenvalue weighted by molar-refractivity contribution is 0.103. The third kappa shape index (κ3) is 5.51. The van der Waals surface area contributed by atoms with Crippen molar-refractivity contribution in [1.82, 2.24) is 14.2 Å². The number of carbonyl (C=O) groups is 1. The van der Waals surface area contributed by atoms with E-state index in [0.29, 0.717) is 37.6 Å². The van der Waals surface area contributed by atoms with Crippen molar-refractivity contribution in [3.8, 4) is 0 Å². The van der Waals surface area contributed by atoms with Crippen molar-refractivity contribution in [1.29, 1.82) is 0 Å². The predicted molar refractivity (Wildman–Crippen MR) is 124 cm³/mol. The number of halogens is 2. The molecule has 4 rings (SSSR count). The van der Waals surface area contributed by atoms with Gasteiger partial charge in [0.2, 0.25) is 15.8 Å². The molecule has 2 aliphatic rings. The number of likely N-dealkylation sites (tertiary alicyclic amines) is 1. The van der Waals surface area contributed by atoms with Gasteiger partial charge in [-0.1, -0.05) is 17.4 Å². The quantitative estimate of drug-likeness (QED) is 0.538. The molecule has 1 aromatic carbocycles. The lowest BCUT2D eigenvalue weighted by Gasteiger charge is -2.32. The number of rotatable bonds is 8. The van der Waals surface area contributed by atoms with Crippen molar-refractivity contribution in [3.05, 3.63) is 40.3 Å². The number of nitrogens with zero attached hydrogens (tertiary/aromatic N) is 3. The molecule has 2 fully saturated rings. The zero-order chi connectivity index (χ0) is 23.6. The molecule has 1 aromatic heterocycles. The van der Waals surface area contributed by atoms with Crippen LogP contribution in [0, 0.1) is 11.6 Å². The van der Waals surface area contributed by atoms with E-state index in [1.165, 1.54) is 10.4 Å². The Morgan fingerprint density at radius 3 is 2.42 bits per heavy atom. The fraction of sp³-hybridized carbons (Fsp3) is 0.524. The number of anilines is 2. The Hall–Kier alpha value is -2.15. The summed E-state index contributed by atoms with van der Waals surface area (Å²) in [4.78, 5) is 18.9. The maximum atomic E-state index is 14.0. The zero-order valence-corrected chi connectivity index (χ0v) is 19.7. The van der Waals surface area contributed by atoms with Crippen molar-refractivity contribution < 1.29 is 22.0 Å². The molecule has 12 heteroatoms. The van der Waals surface area contributed by atoms with Crippen LogP contribution in [-0.2, 0) is 10.0 Å². The van der Waals surface area contributed by atoms with Crippen LogP contribution >= 0.6 is 11.3 Å². The Morgan fingerprint density at radius 1 is 1.15 bits per heavy atom. The van der Waals surface area contributed by atoms with Crippen LogP contribution in [0.4, 0.5) is 19.7 Å². The monoisotopic (exact) mass is 499 g/mol. The van der Waals surface area contributed by atoms with Crippen molar-refractivity contribution in [2.45, 2.75) is 31.7 Å². The number of nitrogen functional groups attached to an aromatic ring is 1. The van der Waals surface area contributed by atoms with Crippen LogP contribution in [0.1, 0.15) is 40.9 Å². The second-order valence-electron chi connectivity index (χ2n) is 8.34. The summed E-state index contributed by atoms with van der Waals surface area (Å²) in [7, 11) is -3.30. The van der Waals surface area contributed by atoms with Crippen LogP contribution in [0.25, 0.3) is 0 Å². The van der Waals surface area contributed by atoms with E-state index in [0.717, 1.165) is 49.4 Å². The molecule has 0 spiro atoms. The maximum Gasteiger partial charge on any atom is 0.215 e. The summed E-state index contributed by atoms with van der Waals surface area (Å²) >= 11 is 0.935. The van der Waals surface area contributed by atoms with Gasteiger partial charge in [0.05, 0.1) is 11.3 Å². The normalized spacial score (nSPS) is 18.6. The van der Waals surface area contributed by atoms with Crippen LogP contribution in [0.15, 0.2) is 18.2 Å². The Labute approximate surface area is 195 Å². The molecule has 180 valence electrons. The topological polar surface area (TPSA) is 109 Å². The molecule has 0 saturated carbocycles. The average Bonchev–Trinajstić information content (AvgIpc) is 3.42. The summed E-state index contributed by atoms with van der Waals surface area (Å²) in [6.07, 6.45) is 3.41. The van der Waals surface area contributed by atoms with Gasteiger partial charge in [0.25, 0.3) is 0 Å². The van der Waals surface area contributed by atoms with Gasteiger partial charge in [0.15, 0.2) is 5.13 Å². The fourth-order valence-electron chi connectivity index (χ4n) is 4.22. The second kappa shape index (κ2) is 10.00. The first-order chi connectivity index (χ1) is 15.7. The van der Waals surface area contributed by atoms with Crippen molar-refractivity contribution >= 4 is 38.1 Å². The van der Waals surface area contributed by atoms with Crippen LogP contribution in [-0.4, -0.2) is 72.9 Å². The molecule has 0 atom stereocenters. The lowest BCUT2D eigenvalue weighted by atomic mass is 10.1. The highest BCUT2D eigenvalue weighted by molar-refractivity contribution is 7.89. The maximum absolute atomic E-state index is 14.0. The Balaban J connectivity index is 1.34. The summed E-state index contributed by atoms with van der Waals surface area (Å²) in [6, 6.07) is 3.16. The zero-order valence-electron chi connectivity index (χ0n) is 18.1. The van der Waals surface area contributed by atoms with Gasteiger partial charge in [0.1, 0.15) is 22.3 Å². The molecular weight excluding hydrogens is 472 g/mol. The summed E-state index contributed by atoms with van der Waals surface area (Å²) in [6.45, 7) is 3.29. The molecule has 2 aromatic rings. The van der Waals surface area contributed by atoms with Crippen LogP contribution < -0.4 is 11.1 Å². The average molecular weight is 500 g/mol. The van der Waals surface area contributed by atoms with Gasteiger partial charge in [-0.15, -0.1) is 0 Å². The van der Waals surface area contributed by atoms with Crippen molar-refractivity contribution in [3.63, 3.8) is 0 Å². The largest absolute Gasteiger partial charge is 0.382 e. The van der Waals surface area contributed by atoms with Crippen LogP contribution in [0.2, 0.25) is 0 Å². The molecular formula is C21H27F2N5O3S2. The van der Waals surface area contributed by atoms with E-state index in [9.17, 15) is 22.0 Å². The van der Waals surface area contributed by atoms with Crippen LogP contribution in [0.5, 0.6) is 0 Å². The Bertz CT molecular complexity index is 1090. The Kier molecular flexibility index (Phi) is 7.27. The van der Waals surface area contributed by atoms with E-state index in [1.54, 1.807) is 0 Å². The molecule has 3 heterocycles. The molecule has 0 bridgehead atoms. The van der Waals surface area contributed by atoms with Gasteiger partial charge in [-0.05, 0) is 50.9 Å². The van der Waals surface area contributed by atoms with Gasteiger partial charge in [0, 0.05) is 25.7 Å². The van der Waals surface area contributed by atoms with Gasteiger partial charge in [-0.3, -0.25) is 4.79 Å². The summed E-state index contributed by atoms with van der Waals surface area (Å²) in [5.74, 6) is -2.74. The standard InChI is InChI=1S/C21H27F2N5O3S2/c22-15-4-3-5-16(23)17(15)18(29)19-20(24)26-21(32-19)25-14-6-10-28(11-7-14)33(30,31)13-12-27-8-1-2-9-27/h3-5,14H,1-2,6-13,24H2,(H,25,26). The fourth-order valence-corrected chi connectivity index (χ4v) is 6.64. The minimum atomic E-state index is -3.30. The molecule has 2 aliphatic heterocycles. The van der Waals surface area contributed by atoms with Gasteiger partial charge in [-0.2, -0.15) is 0 Å². The highest BCUT2D eigenvalue weighted by Gasteiger charge is 2.30. The number of hydrogen-bond donors (Lipinski definition) is 2. The number of thiazole rings is 1. The van der Waals surface area contributed by atoms with Crippen LogP contribution in [0.3, 0.4) is 0 Å². The molecule has 0 aliphatic carbocycles. The highest BCUT2D eigenvalue weighted by atomic mass is 32.2. The number of benzene rings is 1. The molecule has 0 radical (unpaired) electrons. The number of sulfonamides is 1. The lowest BCUT2D eigenvalue weighted by Crippen LogP contribution is -2.44. The molecule has 2 saturated heterocycles. The molecule has 0 amide bonds. The third-order valence-electron chi connectivity index (χ3n) is 6.09. The second-order valence-corrected chi connectivity index (χ2v) is 11.4. The first-order valence-electron chi connectivity index (χ1n) is 11.0. The smallest absolute Gasteiger partial charge is 0.215 e. The number of ketones is 1. The molecule has 8 nitrogen and oxygen atoms in total. The first-order valence-corrected chi connectivity index (χ1v) is 13.4. The minimum absolute atomic E-state index is 0.0385. The third-order valence-corrected chi connectivity index (χ3v) is 8.94.